The quantitative estimate of drug-likeness (QED) is 0.687. The Morgan fingerprint density at radius 1 is 1.46 bits per heavy atom. The van der Waals surface area contributed by atoms with Crippen molar-refractivity contribution in [3.63, 3.8) is 0 Å². The largest absolute Gasteiger partial charge is 0.433 e. The van der Waals surface area contributed by atoms with Crippen molar-refractivity contribution in [3.05, 3.63) is 11.8 Å². The molecule has 76 valence electrons. The van der Waals surface area contributed by atoms with E-state index in [1.54, 1.807) is 6.92 Å². The van der Waals surface area contributed by atoms with Crippen LogP contribution < -0.4 is 5.73 Å². The Hall–Kier alpha value is -0.840. The molecule has 0 amide bonds. The molecular formula is C8H13F3N2. The van der Waals surface area contributed by atoms with Crippen LogP contribution in [0.5, 0.6) is 0 Å². The summed E-state index contributed by atoms with van der Waals surface area (Å²) in [5.74, 6) is 0. The molecule has 2 nitrogen and oxygen atoms in total. The van der Waals surface area contributed by atoms with Crippen LogP contribution >= 0.6 is 0 Å². The third-order valence-electron chi connectivity index (χ3n) is 1.29. The van der Waals surface area contributed by atoms with Crippen molar-refractivity contribution in [1.29, 1.82) is 0 Å². The first-order chi connectivity index (χ1) is 5.91. The third-order valence-corrected chi connectivity index (χ3v) is 1.29. The van der Waals surface area contributed by atoms with E-state index in [1.165, 1.54) is 6.92 Å². The van der Waals surface area contributed by atoms with Gasteiger partial charge in [0.1, 0.15) is 5.70 Å². The van der Waals surface area contributed by atoms with Crippen LogP contribution in [-0.4, -0.2) is 18.4 Å². The van der Waals surface area contributed by atoms with Gasteiger partial charge in [-0.1, -0.05) is 13.0 Å². The zero-order chi connectivity index (χ0) is 10.5. The van der Waals surface area contributed by atoms with Crippen LogP contribution in [0.25, 0.3) is 0 Å². The first kappa shape index (κ1) is 12.2. The topological polar surface area (TPSA) is 38.4 Å². The van der Waals surface area contributed by atoms with Gasteiger partial charge in [-0.25, -0.2) is 0 Å². The van der Waals surface area contributed by atoms with Gasteiger partial charge in [-0.2, -0.15) is 13.2 Å². The second-order valence-corrected chi connectivity index (χ2v) is 2.55. The van der Waals surface area contributed by atoms with E-state index >= 15 is 0 Å². The molecule has 0 aliphatic carbocycles. The van der Waals surface area contributed by atoms with Crippen LogP contribution in [-0.2, 0) is 0 Å². The van der Waals surface area contributed by atoms with Crippen molar-refractivity contribution >= 4 is 5.71 Å². The molecule has 0 rings (SSSR count). The van der Waals surface area contributed by atoms with E-state index in [2.05, 4.69) is 4.99 Å². The summed E-state index contributed by atoms with van der Waals surface area (Å²) in [4.78, 5) is 3.38. The number of nitrogens with zero attached hydrogens (tertiary/aromatic N) is 1. The summed E-state index contributed by atoms with van der Waals surface area (Å²) in [5, 5.41) is 0. The van der Waals surface area contributed by atoms with E-state index < -0.39 is 11.9 Å². The van der Waals surface area contributed by atoms with Gasteiger partial charge in [0.05, 0.1) is 0 Å². The zero-order valence-corrected chi connectivity index (χ0v) is 7.65. The molecule has 0 unspecified atom stereocenters. The molecule has 0 aromatic heterocycles. The van der Waals surface area contributed by atoms with Crippen molar-refractivity contribution in [2.75, 3.05) is 6.54 Å². The zero-order valence-electron chi connectivity index (χ0n) is 7.65. The predicted octanol–water partition coefficient (Wildman–Crippen LogP) is 2.26. The molecule has 0 atom stereocenters. The summed E-state index contributed by atoms with van der Waals surface area (Å²) in [6.07, 6.45) is -3.04. The van der Waals surface area contributed by atoms with Crippen LogP contribution in [0, 0.1) is 0 Å². The molecule has 2 N–H and O–H groups in total. The number of rotatable bonds is 3. The SMILES string of the molecule is CC/C=C(\N=C(\C)CN)C(F)(F)F. The molecule has 0 heterocycles. The lowest BCUT2D eigenvalue weighted by molar-refractivity contribution is -0.0925. The molecular weight excluding hydrogens is 181 g/mol. The molecule has 0 saturated heterocycles. The highest BCUT2D eigenvalue weighted by Crippen LogP contribution is 2.26. The van der Waals surface area contributed by atoms with Crippen LogP contribution in [0.2, 0.25) is 0 Å². The Morgan fingerprint density at radius 3 is 2.31 bits per heavy atom. The van der Waals surface area contributed by atoms with Crippen molar-refractivity contribution < 1.29 is 13.2 Å². The first-order valence-electron chi connectivity index (χ1n) is 3.93. The molecule has 0 aromatic carbocycles. The fourth-order valence-electron chi connectivity index (χ4n) is 0.669. The molecule has 0 radical (unpaired) electrons. The Bertz CT molecular complexity index is 216. The summed E-state index contributed by atoms with van der Waals surface area (Å²) in [6, 6.07) is 0. The van der Waals surface area contributed by atoms with E-state index in [1.807, 2.05) is 0 Å². The molecule has 0 spiro atoms. The fraction of sp³-hybridized carbons (Fsp3) is 0.625. The number of hydrogen-bond acceptors (Lipinski definition) is 2. The minimum atomic E-state index is -4.38. The maximum Gasteiger partial charge on any atom is 0.433 e. The second-order valence-electron chi connectivity index (χ2n) is 2.55. The van der Waals surface area contributed by atoms with E-state index in [0.29, 0.717) is 6.42 Å². The Morgan fingerprint density at radius 2 is 2.00 bits per heavy atom. The van der Waals surface area contributed by atoms with E-state index in [0.717, 1.165) is 6.08 Å². The Kier molecular flexibility index (Phi) is 4.69. The first-order valence-corrected chi connectivity index (χ1v) is 3.93. The van der Waals surface area contributed by atoms with Gasteiger partial charge in [-0.3, -0.25) is 4.99 Å². The summed E-state index contributed by atoms with van der Waals surface area (Å²) in [6.45, 7) is 3.13. The van der Waals surface area contributed by atoms with Crippen LogP contribution in [0.4, 0.5) is 13.2 Å². The Balaban J connectivity index is 4.75. The van der Waals surface area contributed by atoms with Gasteiger partial charge in [0.2, 0.25) is 0 Å². The molecule has 5 heteroatoms. The number of nitrogens with two attached hydrogens (primary N) is 1. The van der Waals surface area contributed by atoms with E-state index in [4.69, 9.17) is 5.73 Å². The lowest BCUT2D eigenvalue weighted by Gasteiger charge is -2.07. The average molecular weight is 194 g/mol. The molecule has 0 aromatic rings. The summed E-state index contributed by atoms with van der Waals surface area (Å²) < 4.78 is 36.6. The van der Waals surface area contributed by atoms with Gasteiger partial charge < -0.3 is 5.73 Å². The fourth-order valence-corrected chi connectivity index (χ4v) is 0.669. The molecule has 0 fully saturated rings. The number of alkyl halides is 3. The molecule has 0 saturated carbocycles. The van der Waals surface area contributed by atoms with Crippen molar-refractivity contribution in [2.45, 2.75) is 26.4 Å². The number of aliphatic imine (C=N–C) groups is 1. The highest BCUT2D eigenvalue weighted by atomic mass is 19.4. The van der Waals surface area contributed by atoms with Gasteiger partial charge in [0.15, 0.2) is 0 Å². The second kappa shape index (κ2) is 5.01. The molecule has 0 aliphatic heterocycles. The number of halogens is 3. The molecule has 0 bridgehead atoms. The molecule has 13 heavy (non-hydrogen) atoms. The summed E-state index contributed by atoms with van der Waals surface area (Å²) in [7, 11) is 0. The van der Waals surface area contributed by atoms with E-state index in [9.17, 15) is 13.2 Å². The number of allylic oxidation sites excluding steroid dienone is 2. The maximum atomic E-state index is 12.2. The number of hydrogen-bond donors (Lipinski definition) is 1. The van der Waals surface area contributed by atoms with Gasteiger partial charge in [0, 0.05) is 12.3 Å². The maximum absolute atomic E-state index is 12.2. The minimum Gasteiger partial charge on any atom is -0.325 e. The summed E-state index contributed by atoms with van der Waals surface area (Å²) >= 11 is 0. The van der Waals surface area contributed by atoms with Crippen molar-refractivity contribution in [3.8, 4) is 0 Å². The standard InChI is InChI=1S/C8H13F3N2/c1-3-4-7(8(9,10)11)13-6(2)5-12/h4H,3,5,12H2,1-2H3/b7-4-,13-6-. The van der Waals surface area contributed by atoms with Gasteiger partial charge in [-0.05, 0) is 13.3 Å². The van der Waals surface area contributed by atoms with E-state index in [-0.39, 0.29) is 12.3 Å². The Labute approximate surface area is 75.3 Å². The highest BCUT2D eigenvalue weighted by Gasteiger charge is 2.33. The summed E-state index contributed by atoms with van der Waals surface area (Å²) in [5.41, 5.74) is 4.55. The predicted molar refractivity (Wildman–Crippen MR) is 46.6 cm³/mol. The van der Waals surface area contributed by atoms with Gasteiger partial charge in [0.25, 0.3) is 0 Å². The van der Waals surface area contributed by atoms with Crippen LogP contribution in [0.3, 0.4) is 0 Å². The van der Waals surface area contributed by atoms with Crippen LogP contribution in [0.15, 0.2) is 16.8 Å². The third kappa shape index (κ3) is 4.67. The molecule has 0 aliphatic rings. The highest BCUT2D eigenvalue weighted by molar-refractivity contribution is 5.84. The lowest BCUT2D eigenvalue weighted by Crippen LogP contribution is -2.15. The van der Waals surface area contributed by atoms with Crippen LogP contribution in [0.1, 0.15) is 20.3 Å². The average Bonchev–Trinajstić information content (AvgIpc) is 2.01. The minimum absolute atomic E-state index is 0.0388. The monoisotopic (exact) mass is 194 g/mol. The van der Waals surface area contributed by atoms with Gasteiger partial charge >= 0.3 is 6.18 Å². The normalized spacial score (nSPS) is 14.9. The smallest absolute Gasteiger partial charge is 0.325 e. The van der Waals surface area contributed by atoms with Crippen molar-refractivity contribution in [1.82, 2.24) is 0 Å². The lowest BCUT2D eigenvalue weighted by atomic mass is 10.3. The van der Waals surface area contributed by atoms with Gasteiger partial charge in [-0.15, -0.1) is 0 Å². The van der Waals surface area contributed by atoms with Crippen molar-refractivity contribution in [2.24, 2.45) is 10.7 Å².